The maximum Gasteiger partial charge on any atom is 0.0726 e. The number of aromatic nitrogens is 1. The summed E-state index contributed by atoms with van der Waals surface area (Å²) in [6.45, 7) is 8.40. The van der Waals surface area contributed by atoms with E-state index in [1.807, 2.05) is 13.8 Å². The summed E-state index contributed by atoms with van der Waals surface area (Å²) in [5, 5.41) is 1.08. The van der Waals surface area contributed by atoms with Gasteiger partial charge < -0.3 is 5.73 Å². The molecular formula is C14H18N2. The first-order valence-corrected chi connectivity index (χ1v) is 5.67. The van der Waals surface area contributed by atoms with Gasteiger partial charge in [-0.2, -0.15) is 0 Å². The molecule has 0 saturated heterocycles. The maximum atomic E-state index is 6.15. The van der Waals surface area contributed by atoms with Crippen molar-refractivity contribution in [2.75, 3.05) is 5.73 Å². The lowest BCUT2D eigenvalue weighted by Crippen LogP contribution is -1.98. The van der Waals surface area contributed by atoms with Crippen LogP contribution in [0.25, 0.3) is 10.9 Å². The predicted molar refractivity (Wildman–Crippen MR) is 69.7 cm³/mol. The topological polar surface area (TPSA) is 38.9 Å². The lowest BCUT2D eigenvalue weighted by molar-refractivity contribution is 0.868. The van der Waals surface area contributed by atoms with E-state index in [2.05, 4.69) is 37.0 Å². The lowest BCUT2D eigenvalue weighted by atomic mass is 9.99. The molecule has 0 atom stereocenters. The molecule has 0 fully saturated rings. The van der Waals surface area contributed by atoms with Crippen molar-refractivity contribution in [1.82, 2.24) is 4.98 Å². The number of hydrogen-bond acceptors (Lipinski definition) is 2. The molecule has 0 saturated carbocycles. The first kappa shape index (κ1) is 10.9. The summed E-state index contributed by atoms with van der Waals surface area (Å²) in [5.74, 6) is 0.519. The van der Waals surface area contributed by atoms with Crippen molar-refractivity contribution in [2.45, 2.75) is 33.6 Å². The third kappa shape index (κ3) is 1.64. The van der Waals surface area contributed by atoms with E-state index in [4.69, 9.17) is 5.73 Å². The number of hydrogen-bond donors (Lipinski definition) is 1. The number of rotatable bonds is 1. The van der Waals surface area contributed by atoms with Crippen LogP contribution in [-0.2, 0) is 0 Å². The molecule has 2 N–H and O–H groups in total. The van der Waals surface area contributed by atoms with Gasteiger partial charge in [-0.1, -0.05) is 19.9 Å². The van der Waals surface area contributed by atoms with Gasteiger partial charge in [0.1, 0.15) is 0 Å². The highest BCUT2D eigenvalue weighted by molar-refractivity contribution is 5.92. The number of fused-ring (bicyclic) bond motifs is 1. The minimum absolute atomic E-state index is 0.519. The van der Waals surface area contributed by atoms with Crippen molar-refractivity contribution in [3.8, 4) is 0 Å². The zero-order chi connectivity index (χ0) is 11.9. The average molecular weight is 214 g/mol. The van der Waals surface area contributed by atoms with Crippen LogP contribution in [0.1, 0.15) is 36.6 Å². The standard InChI is InChI=1S/C14H18N2/c1-8(2)11-5-6-13-12(7-11)14(15)9(3)10(4)16-13/h5-8H,1-4H3,(H2,15,16). The summed E-state index contributed by atoms with van der Waals surface area (Å²) in [6, 6.07) is 6.36. The normalized spacial score (nSPS) is 11.3. The molecular weight excluding hydrogens is 196 g/mol. The maximum absolute atomic E-state index is 6.15. The number of anilines is 1. The molecule has 0 unspecified atom stereocenters. The highest BCUT2D eigenvalue weighted by Crippen LogP contribution is 2.27. The van der Waals surface area contributed by atoms with Crippen molar-refractivity contribution in [1.29, 1.82) is 0 Å². The van der Waals surface area contributed by atoms with Crippen molar-refractivity contribution in [2.24, 2.45) is 0 Å². The molecule has 0 aliphatic heterocycles. The van der Waals surface area contributed by atoms with E-state index in [1.165, 1.54) is 5.56 Å². The van der Waals surface area contributed by atoms with Crippen LogP contribution < -0.4 is 5.73 Å². The van der Waals surface area contributed by atoms with Crippen LogP contribution in [0.4, 0.5) is 5.69 Å². The molecule has 0 bridgehead atoms. The Bertz CT molecular complexity index is 542. The number of benzene rings is 1. The molecule has 0 spiro atoms. The molecule has 2 rings (SSSR count). The summed E-state index contributed by atoms with van der Waals surface area (Å²) in [4.78, 5) is 4.56. The van der Waals surface area contributed by atoms with E-state index in [1.54, 1.807) is 0 Å². The zero-order valence-corrected chi connectivity index (χ0v) is 10.3. The van der Waals surface area contributed by atoms with Gasteiger partial charge >= 0.3 is 0 Å². The fraction of sp³-hybridized carbons (Fsp3) is 0.357. The Balaban J connectivity index is 2.78. The van der Waals surface area contributed by atoms with Crippen LogP contribution in [0.3, 0.4) is 0 Å². The van der Waals surface area contributed by atoms with E-state index >= 15 is 0 Å². The Labute approximate surface area is 96.5 Å². The second-order valence-electron chi connectivity index (χ2n) is 4.67. The first-order valence-electron chi connectivity index (χ1n) is 5.67. The number of pyridine rings is 1. The summed E-state index contributed by atoms with van der Waals surface area (Å²) in [5.41, 5.74) is 11.4. The zero-order valence-electron chi connectivity index (χ0n) is 10.3. The molecule has 84 valence electrons. The van der Waals surface area contributed by atoms with Gasteiger partial charge in [0.2, 0.25) is 0 Å². The van der Waals surface area contributed by atoms with E-state index in [9.17, 15) is 0 Å². The van der Waals surface area contributed by atoms with Gasteiger partial charge in [-0.3, -0.25) is 4.98 Å². The van der Waals surface area contributed by atoms with Crippen LogP contribution in [0.5, 0.6) is 0 Å². The van der Waals surface area contributed by atoms with Crippen molar-refractivity contribution < 1.29 is 0 Å². The molecule has 0 aliphatic rings. The second kappa shape index (κ2) is 3.78. The molecule has 0 amide bonds. The second-order valence-corrected chi connectivity index (χ2v) is 4.67. The molecule has 2 aromatic rings. The quantitative estimate of drug-likeness (QED) is 0.788. The lowest BCUT2D eigenvalue weighted by Gasteiger charge is -2.11. The van der Waals surface area contributed by atoms with Gasteiger partial charge in [-0.25, -0.2) is 0 Å². The van der Waals surface area contributed by atoms with Crippen LogP contribution in [-0.4, -0.2) is 4.98 Å². The van der Waals surface area contributed by atoms with E-state index in [0.29, 0.717) is 5.92 Å². The van der Waals surface area contributed by atoms with Crippen LogP contribution in [0, 0.1) is 13.8 Å². The Morgan fingerprint density at radius 3 is 2.50 bits per heavy atom. The van der Waals surface area contributed by atoms with E-state index < -0.39 is 0 Å². The van der Waals surface area contributed by atoms with Crippen molar-refractivity contribution in [3.63, 3.8) is 0 Å². The Morgan fingerprint density at radius 2 is 1.88 bits per heavy atom. The molecule has 16 heavy (non-hydrogen) atoms. The third-order valence-electron chi connectivity index (χ3n) is 3.21. The predicted octanol–water partition coefficient (Wildman–Crippen LogP) is 3.56. The van der Waals surface area contributed by atoms with Crippen LogP contribution in [0.15, 0.2) is 18.2 Å². The number of aryl methyl sites for hydroxylation is 1. The fourth-order valence-electron chi connectivity index (χ4n) is 1.89. The monoisotopic (exact) mass is 214 g/mol. The van der Waals surface area contributed by atoms with Crippen LogP contribution in [0.2, 0.25) is 0 Å². The molecule has 1 aromatic carbocycles. The Kier molecular flexibility index (Phi) is 2.58. The molecule has 2 nitrogen and oxygen atoms in total. The largest absolute Gasteiger partial charge is 0.398 e. The molecule has 0 radical (unpaired) electrons. The fourth-order valence-corrected chi connectivity index (χ4v) is 1.89. The summed E-state index contributed by atoms with van der Waals surface area (Å²) in [7, 11) is 0. The molecule has 2 heteroatoms. The van der Waals surface area contributed by atoms with Crippen molar-refractivity contribution >= 4 is 16.6 Å². The number of nitrogens with zero attached hydrogens (tertiary/aromatic N) is 1. The smallest absolute Gasteiger partial charge is 0.0726 e. The van der Waals surface area contributed by atoms with Gasteiger partial charge in [0.05, 0.1) is 5.52 Å². The van der Waals surface area contributed by atoms with Gasteiger partial charge in [0.25, 0.3) is 0 Å². The number of nitrogen functional groups attached to an aromatic ring is 1. The molecule has 0 aliphatic carbocycles. The summed E-state index contributed by atoms with van der Waals surface area (Å²) >= 11 is 0. The van der Waals surface area contributed by atoms with Crippen molar-refractivity contribution in [3.05, 3.63) is 35.0 Å². The third-order valence-corrected chi connectivity index (χ3v) is 3.21. The van der Waals surface area contributed by atoms with Crippen LogP contribution >= 0.6 is 0 Å². The highest BCUT2D eigenvalue weighted by Gasteiger charge is 2.08. The molecule has 1 aromatic heterocycles. The first-order chi connectivity index (χ1) is 7.50. The number of nitrogens with two attached hydrogens (primary N) is 1. The Hall–Kier alpha value is -1.57. The Morgan fingerprint density at radius 1 is 1.19 bits per heavy atom. The van der Waals surface area contributed by atoms with Gasteiger partial charge in [0, 0.05) is 16.8 Å². The van der Waals surface area contributed by atoms with E-state index in [-0.39, 0.29) is 0 Å². The van der Waals surface area contributed by atoms with Gasteiger partial charge in [-0.05, 0) is 43.0 Å². The average Bonchev–Trinajstić information content (AvgIpc) is 2.25. The summed E-state index contributed by atoms with van der Waals surface area (Å²) in [6.07, 6.45) is 0. The molecule has 1 heterocycles. The minimum atomic E-state index is 0.519. The van der Waals surface area contributed by atoms with E-state index in [0.717, 1.165) is 27.8 Å². The van der Waals surface area contributed by atoms with Gasteiger partial charge in [0.15, 0.2) is 0 Å². The highest BCUT2D eigenvalue weighted by atomic mass is 14.7. The minimum Gasteiger partial charge on any atom is -0.398 e. The summed E-state index contributed by atoms with van der Waals surface area (Å²) < 4.78 is 0. The van der Waals surface area contributed by atoms with Gasteiger partial charge in [-0.15, -0.1) is 0 Å². The SMILES string of the molecule is Cc1nc2ccc(C(C)C)cc2c(N)c1C.